The number of benzene rings is 7. The molecule has 7 aromatic carbocycles. The number of nitrogens with zero attached hydrogens (tertiary/aromatic N) is 3. The Morgan fingerprint density at radius 3 is 1.51 bits per heavy atom. The van der Waals surface area contributed by atoms with Crippen LogP contribution in [0.2, 0.25) is 0 Å². The van der Waals surface area contributed by atoms with E-state index in [0.29, 0.717) is 23.7 Å². The Hall–Kier alpha value is -5.80. The van der Waals surface area contributed by atoms with Gasteiger partial charge in [-0.05, 0) is 104 Å². The summed E-state index contributed by atoms with van der Waals surface area (Å²) in [6, 6.07) is 55.0. The predicted molar refractivity (Wildman–Crippen MR) is 262 cm³/mol. The normalized spacial score (nSPS) is 14.9. The zero-order valence-electron chi connectivity index (χ0n) is 37.9. The molecule has 1 heterocycles. The van der Waals surface area contributed by atoms with Gasteiger partial charge in [0.25, 0.3) is 0 Å². The van der Waals surface area contributed by atoms with E-state index < -0.39 is 0 Å². The van der Waals surface area contributed by atoms with Crippen LogP contribution in [-0.2, 0) is 5.41 Å². The minimum Gasteiger partial charge on any atom is -0.339 e. The molecule has 1 radical (unpaired) electrons. The number of rotatable bonds is 10. The Kier molecular flexibility index (Phi) is 10.6. The first-order valence-electron chi connectivity index (χ1n) is 22.7. The minimum atomic E-state index is -0.0557. The van der Waals surface area contributed by atoms with Gasteiger partial charge >= 0.3 is 0 Å². The van der Waals surface area contributed by atoms with Crippen LogP contribution in [0.15, 0.2) is 146 Å². The van der Waals surface area contributed by atoms with Crippen molar-refractivity contribution in [2.24, 2.45) is 0 Å². The molecule has 7 aromatic rings. The van der Waals surface area contributed by atoms with Crippen molar-refractivity contribution in [3.8, 4) is 11.1 Å². The van der Waals surface area contributed by atoms with Gasteiger partial charge in [-0.25, -0.2) is 0 Å². The molecule has 0 saturated carbocycles. The van der Waals surface area contributed by atoms with E-state index in [0.717, 1.165) is 24.5 Å². The van der Waals surface area contributed by atoms with Gasteiger partial charge in [-0.2, -0.15) is 0 Å². The second-order valence-electron chi connectivity index (χ2n) is 19.1. The quantitative estimate of drug-likeness (QED) is 0.136. The third-order valence-corrected chi connectivity index (χ3v) is 13.5. The number of hydrogen-bond donors (Lipinski definition) is 0. The van der Waals surface area contributed by atoms with Crippen LogP contribution in [0, 0.1) is 6.17 Å². The van der Waals surface area contributed by atoms with Crippen LogP contribution in [-0.4, -0.2) is 13.1 Å². The molecular formula is C58H62N3. The van der Waals surface area contributed by atoms with Crippen LogP contribution in [0.4, 0.5) is 28.4 Å². The zero-order valence-corrected chi connectivity index (χ0v) is 37.9. The van der Waals surface area contributed by atoms with Gasteiger partial charge in [-0.1, -0.05) is 184 Å². The molecule has 0 N–H and O–H groups in total. The smallest absolute Gasteiger partial charge is 0.187 e. The Morgan fingerprint density at radius 2 is 0.934 bits per heavy atom. The van der Waals surface area contributed by atoms with Gasteiger partial charge in [0, 0.05) is 52.2 Å². The highest BCUT2D eigenvalue weighted by Gasteiger charge is 2.40. The zero-order chi connectivity index (χ0) is 42.7. The lowest BCUT2D eigenvalue weighted by molar-refractivity contribution is 0.660. The van der Waals surface area contributed by atoms with Crippen molar-refractivity contribution in [3.05, 3.63) is 191 Å². The summed E-state index contributed by atoms with van der Waals surface area (Å²) in [5.74, 6) is 1.55. The third kappa shape index (κ3) is 6.91. The monoisotopic (exact) mass is 800 g/mol. The predicted octanol–water partition coefficient (Wildman–Crippen LogP) is 16.0. The van der Waals surface area contributed by atoms with Crippen LogP contribution < -0.4 is 14.7 Å². The maximum absolute atomic E-state index is 2.67. The molecule has 3 heteroatoms. The van der Waals surface area contributed by atoms with Crippen LogP contribution in [0.1, 0.15) is 132 Å². The van der Waals surface area contributed by atoms with E-state index in [4.69, 9.17) is 0 Å². The third-order valence-electron chi connectivity index (χ3n) is 13.5. The molecule has 61 heavy (non-hydrogen) atoms. The topological polar surface area (TPSA) is 9.72 Å². The van der Waals surface area contributed by atoms with Crippen molar-refractivity contribution in [3.63, 3.8) is 0 Å². The first kappa shape index (κ1) is 40.6. The van der Waals surface area contributed by atoms with E-state index in [1.807, 2.05) is 0 Å². The highest BCUT2D eigenvalue weighted by molar-refractivity contribution is 5.99. The van der Waals surface area contributed by atoms with Gasteiger partial charge in [0.05, 0.1) is 5.69 Å². The van der Waals surface area contributed by atoms with E-state index in [1.54, 1.807) is 0 Å². The molecule has 1 saturated heterocycles. The first-order chi connectivity index (χ1) is 29.4. The average molecular weight is 801 g/mol. The molecule has 0 unspecified atom stereocenters. The molecule has 0 amide bonds. The van der Waals surface area contributed by atoms with E-state index in [-0.39, 0.29) is 5.41 Å². The van der Waals surface area contributed by atoms with Crippen molar-refractivity contribution in [1.29, 1.82) is 0 Å². The number of anilines is 5. The standard InChI is InChI=1S/C58H62N3/c1-37(2)45-22-16-23-46(38(3)4)55(45)59-34-35-60(56-47(39(5)6)24-17-25-48(56)40(7)8)57(59)42-28-30-43(31-29-42)61(54-27-15-19-41-18-11-12-20-49(41)54)44-32-33-53-51(36-44)50-21-13-14-26-52(50)58(53,9)10/h11-33,36-40H,34-35H2,1-10H3. The molecule has 1 aliphatic carbocycles. The lowest BCUT2D eigenvalue weighted by Gasteiger charge is -2.37. The summed E-state index contributed by atoms with van der Waals surface area (Å²) in [7, 11) is 0. The van der Waals surface area contributed by atoms with Gasteiger partial charge in [0.15, 0.2) is 6.17 Å². The Balaban J connectivity index is 1.24. The Bertz CT molecular complexity index is 2590. The summed E-state index contributed by atoms with van der Waals surface area (Å²) in [5.41, 5.74) is 18.5. The fourth-order valence-corrected chi connectivity index (χ4v) is 10.4. The summed E-state index contributed by atoms with van der Waals surface area (Å²) in [6.07, 6.45) is 1.27. The molecule has 0 atom stereocenters. The molecule has 3 nitrogen and oxygen atoms in total. The van der Waals surface area contributed by atoms with E-state index in [9.17, 15) is 0 Å². The van der Waals surface area contributed by atoms with Crippen molar-refractivity contribution in [1.82, 2.24) is 0 Å². The van der Waals surface area contributed by atoms with Crippen LogP contribution in [0.5, 0.6) is 0 Å². The lowest BCUT2D eigenvalue weighted by atomic mass is 9.82. The molecular weight excluding hydrogens is 739 g/mol. The molecule has 0 aromatic heterocycles. The van der Waals surface area contributed by atoms with Crippen LogP contribution >= 0.6 is 0 Å². The van der Waals surface area contributed by atoms with Gasteiger partial charge in [-0.3, -0.25) is 0 Å². The van der Waals surface area contributed by atoms with E-state index >= 15 is 0 Å². The molecule has 1 aliphatic heterocycles. The van der Waals surface area contributed by atoms with Gasteiger partial charge < -0.3 is 14.7 Å². The first-order valence-corrected chi connectivity index (χ1v) is 22.7. The summed E-state index contributed by atoms with van der Waals surface area (Å²) < 4.78 is 0. The Labute approximate surface area is 365 Å². The maximum Gasteiger partial charge on any atom is 0.187 e. The fraction of sp³-hybridized carbons (Fsp3) is 0.293. The molecule has 2 aliphatic rings. The number of fused-ring (bicyclic) bond motifs is 4. The lowest BCUT2D eigenvalue weighted by Crippen LogP contribution is -2.34. The van der Waals surface area contributed by atoms with Gasteiger partial charge in [0.2, 0.25) is 0 Å². The SMILES string of the molecule is CC(C)c1cccc(C(C)C)c1N1CCN(c2c(C(C)C)cccc2C(C)C)[C]1c1ccc(N(c2ccc3c(c2)-c2ccccc2C3(C)C)c2cccc3ccccc23)cc1. The number of hydrogen-bond acceptors (Lipinski definition) is 3. The summed E-state index contributed by atoms with van der Waals surface area (Å²) in [4.78, 5) is 7.82. The average Bonchev–Trinajstić information content (AvgIpc) is 3.79. The molecule has 309 valence electrons. The second-order valence-corrected chi connectivity index (χ2v) is 19.1. The maximum atomic E-state index is 2.67. The van der Waals surface area contributed by atoms with E-state index in [2.05, 4.69) is 230 Å². The van der Waals surface area contributed by atoms with Crippen molar-refractivity contribution >= 4 is 39.2 Å². The fourth-order valence-electron chi connectivity index (χ4n) is 10.4. The van der Waals surface area contributed by atoms with Crippen molar-refractivity contribution in [2.45, 2.75) is 98.3 Å². The summed E-state index contributed by atoms with van der Waals surface area (Å²) in [5, 5.41) is 2.47. The van der Waals surface area contributed by atoms with Gasteiger partial charge in [-0.15, -0.1) is 0 Å². The van der Waals surface area contributed by atoms with Crippen LogP contribution in [0.3, 0.4) is 0 Å². The summed E-state index contributed by atoms with van der Waals surface area (Å²) in [6.45, 7) is 25.3. The summed E-state index contributed by atoms with van der Waals surface area (Å²) >= 11 is 0. The van der Waals surface area contributed by atoms with Crippen molar-refractivity contribution < 1.29 is 0 Å². The number of para-hydroxylation sites is 2. The van der Waals surface area contributed by atoms with E-state index in [1.165, 1.54) is 84.1 Å². The Morgan fingerprint density at radius 1 is 0.459 bits per heavy atom. The molecule has 0 spiro atoms. The van der Waals surface area contributed by atoms with Crippen LogP contribution in [0.25, 0.3) is 21.9 Å². The molecule has 1 fully saturated rings. The second kappa shape index (κ2) is 15.9. The highest BCUT2D eigenvalue weighted by Crippen LogP contribution is 2.52. The molecule has 9 rings (SSSR count). The minimum absolute atomic E-state index is 0.0557. The van der Waals surface area contributed by atoms with Gasteiger partial charge in [0.1, 0.15) is 0 Å². The molecule has 0 bridgehead atoms. The van der Waals surface area contributed by atoms with Crippen molar-refractivity contribution in [2.75, 3.05) is 27.8 Å². The highest BCUT2D eigenvalue weighted by atomic mass is 15.4. The largest absolute Gasteiger partial charge is 0.339 e.